The fraction of sp³-hybridized carbons (Fsp3) is 0.636. The lowest BCUT2D eigenvalue weighted by Crippen LogP contribution is -2.15. The Morgan fingerprint density at radius 2 is 2.40 bits per heavy atom. The molecule has 0 aromatic carbocycles. The Morgan fingerprint density at radius 3 is 3.07 bits per heavy atom. The van der Waals surface area contributed by atoms with Crippen molar-refractivity contribution in [1.82, 2.24) is 15.1 Å². The van der Waals surface area contributed by atoms with Crippen LogP contribution in [0.5, 0.6) is 0 Å². The van der Waals surface area contributed by atoms with E-state index in [2.05, 4.69) is 29.6 Å². The first kappa shape index (κ1) is 11.7. The molecule has 0 bridgehead atoms. The van der Waals surface area contributed by atoms with Crippen LogP contribution < -0.4 is 5.32 Å². The predicted molar refractivity (Wildman–Crippen MR) is 59.1 cm³/mol. The molecule has 0 spiro atoms. The number of nitriles is 1. The lowest BCUT2D eigenvalue weighted by atomic mass is 10.2. The van der Waals surface area contributed by atoms with Gasteiger partial charge in [0.05, 0.1) is 11.8 Å². The number of aryl methyl sites for hydroxylation is 2. The monoisotopic (exact) mass is 206 g/mol. The first-order chi connectivity index (χ1) is 7.27. The van der Waals surface area contributed by atoms with E-state index in [0.717, 1.165) is 31.6 Å². The molecule has 0 aliphatic heterocycles. The highest BCUT2D eigenvalue weighted by atomic mass is 15.3. The Bertz CT molecular complexity index is 335. The van der Waals surface area contributed by atoms with Crippen molar-refractivity contribution in [1.29, 1.82) is 5.26 Å². The van der Waals surface area contributed by atoms with E-state index in [1.165, 1.54) is 5.56 Å². The van der Waals surface area contributed by atoms with E-state index >= 15 is 0 Å². The average Bonchev–Trinajstić information content (AvgIpc) is 2.59. The molecule has 1 aromatic heterocycles. The summed E-state index contributed by atoms with van der Waals surface area (Å²) < 4.78 is 1.85. The average molecular weight is 206 g/mol. The van der Waals surface area contributed by atoms with Crippen molar-refractivity contribution in [2.75, 3.05) is 6.54 Å². The zero-order valence-corrected chi connectivity index (χ0v) is 9.45. The number of unbranched alkanes of at least 4 members (excludes halogenated alkanes) is 1. The first-order valence-electron chi connectivity index (χ1n) is 5.37. The molecule has 0 fully saturated rings. The molecule has 4 heteroatoms. The predicted octanol–water partition coefficient (Wildman–Crippen LogP) is 1.38. The van der Waals surface area contributed by atoms with Crippen molar-refractivity contribution in [3.8, 4) is 6.07 Å². The molecule has 0 aliphatic rings. The van der Waals surface area contributed by atoms with Crippen LogP contribution in [0.25, 0.3) is 0 Å². The van der Waals surface area contributed by atoms with E-state index in [4.69, 9.17) is 5.26 Å². The molecule has 15 heavy (non-hydrogen) atoms. The second-order valence-corrected chi connectivity index (χ2v) is 3.57. The maximum absolute atomic E-state index is 8.38. The third kappa shape index (κ3) is 3.72. The maximum Gasteiger partial charge on any atom is 0.0666 e. The first-order valence-corrected chi connectivity index (χ1v) is 5.37. The van der Waals surface area contributed by atoms with E-state index in [1.807, 2.05) is 11.7 Å². The smallest absolute Gasteiger partial charge is 0.0666 e. The molecule has 0 saturated carbocycles. The van der Waals surface area contributed by atoms with Gasteiger partial charge < -0.3 is 5.32 Å². The van der Waals surface area contributed by atoms with Crippen molar-refractivity contribution in [2.24, 2.45) is 7.05 Å². The van der Waals surface area contributed by atoms with E-state index in [-0.39, 0.29) is 0 Å². The molecule has 82 valence electrons. The van der Waals surface area contributed by atoms with E-state index < -0.39 is 0 Å². The summed E-state index contributed by atoms with van der Waals surface area (Å²) in [5.41, 5.74) is 2.42. The van der Waals surface area contributed by atoms with Gasteiger partial charge in [0.1, 0.15) is 0 Å². The van der Waals surface area contributed by atoms with Crippen LogP contribution in [0, 0.1) is 11.3 Å². The molecule has 0 aliphatic carbocycles. The number of nitrogens with zero attached hydrogens (tertiary/aromatic N) is 3. The molecular weight excluding hydrogens is 188 g/mol. The van der Waals surface area contributed by atoms with Gasteiger partial charge in [-0.25, -0.2) is 0 Å². The second-order valence-electron chi connectivity index (χ2n) is 3.57. The van der Waals surface area contributed by atoms with Gasteiger partial charge in [-0.1, -0.05) is 6.92 Å². The van der Waals surface area contributed by atoms with Crippen LogP contribution in [0.3, 0.4) is 0 Å². The highest BCUT2D eigenvalue weighted by Gasteiger charge is 2.04. The lowest BCUT2D eigenvalue weighted by molar-refractivity contribution is 0.654. The number of nitrogens with one attached hydrogen (secondary N) is 1. The molecule has 1 rings (SSSR count). The molecule has 0 unspecified atom stereocenters. The Kier molecular flexibility index (Phi) is 4.85. The molecule has 0 radical (unpaired) electrons. The summed E-state index contributed by atoms with van der Waals surface area (Å²) in [7, 11) is 1.94. The van der Waals surface area contributed by atoms with Crippen molar-refractivity contribution in [3.05, 3.63) is 17.5 Å². The van der Waals surface area contributed by atoms with Gasteiger partial charge in [0.15, 0.2) is 0 Å². The highest BCUT2D eigenvalue weighted by molar-refractivity contribution is 5.16. The SMILES string of the molecule is CCc1nn(C)cc1CNCCCC#N. The van der Waals surface area contributed by atoms with Crippen LogP contribution in [0.2, 0.25) is 0 Å². The summed E-state index contributed by atoms with van der Waals surface area (Å²) in [6.07, 6.45) is 4.56. The fourth-order valence-electron chi connectivity index (χ4n) is 1.54. The zero-order chi connectivity index (χ0) is 11.1. The largest absolute Gasteiger partial charge is 0.313 e. The number of hydrogen-bond donors (Lipinski definition) is 1. The van der Waals surface area contributed by atoms with Crippen LogP contribution in [-0.2, 0) is 20.0 Å². The minimum Gasteiger partial charge on any atom is -0.313 e. The van der Waals surface area contributed by atoms with Gasteiger partial charge in [-0.05, 0) is 19.4 Å². The maximum atomic E-state index is 8.38. The third-order valence-electron chi connectivity index (χ3n) is 2.28. The van der Waals surface area contributed by atoms with Gasteiger partial charge in [-0.2, -0.15) is 10.4 Å². The van der Waals surface area contributed by atoms with Crippen LogP contribution in [0.15, 0.2) is 6.20 Å². The number of aromatic nitrogens is 2. The second kappa shape index (κ2) is 6.20. The Hall–Kier alpha value is -1.34. The van der Waals surface area contributed by atoms with Crippen LogP contribution in [0.1, 0.15) is 31.0 Å². The van der Waals surface area contributed by atoms with Crippen LogP contribution >= 0.6 is 0 Å². The Balaban J connectivity index is 2.33. The highest BCUT2D eigenvalue weighted by Crippen LogP contribution is 2.06. The van der Waals surface area contributed by atoms with Crippen LogP contribution in [-0.4, -0.2) is 16.3 Å². The van der Waals surface area contributed by atoms with Gasteiger partial charge in [-0.15, -0.1) is 0 Å². The summed E-state index contributed by atoms with van der Waals surface area (Å²) in [5.74, 6) is 0. The van der Waals surface area contributed by atoms with Crippen molar-refractivity contribution in [2.45, 2.75) is 32.7 Å². The molecule has 4 nitrogen and oxygen atoms in total. The third-order valence-corrected chi connectivity index (χ3v) is 2.28. The minimum atomic E-state index is 0.626. The van der Waals surface area contributed by atoms with Gasteiger partial charge >= 0.3 is 0 Å². The van der Waals surface area contributed by atoms with Crippen molar-refractivity contribution >= 4 is 0 Å². The standard InChI is InChI=1S/C11H18N4/c1-3-11-10(9-15(2)14-11)8-13-7-5-4-6-12/h9,13H,3-5,7-8H2,1-2H3. The molecule has 1 aromatic rings. The van der Waals surface area contributed by atoms with Gasteiger partial charge in [0.2, 0.25) is 0 Å². The van der Waals surface area contributed by atoms with E-state index in [0.29, 0.717) is 6.42 Å². The Morgan fingerprint density at radius 1 is 1.60 bits per heavy atom. The summed E-state index contributed by atoms with van der Waals surface area (Å²) in [4.78, 5) is 0. The number of hydrogen-bond acceptors (Lipinski definition) is 3. The minimum absolute atomic E-state index is 0.626. The van der Waals surface area contributed by atoms with Crippen molar-refractivity contribution in [3.63, 3.8) is 0 Å². The quantitative estimate of drug-likeness (QED) is 0.715. The summed E-state index contributed by atoms with van der Waals surface area (Å²) in [6.45, 7) is 3.86. The fourth-order valence-corrected chi connectivity index (χ4v) is 1.54. The number of rotatable bonds is 6. The normalized spacial score (nSPS) is 10.2. The van der Waals surface area contributed by atoms with Gasteiger partial charge in [0.25, 0.3) is 0 Å². The van der Waals surface area contributed by atoms with Gasteiger partial charge in [0, 0.05) is 31.8 Å². The molecule has 1 N–H and O–H groups in total. The molecule has 0 saturated heterocycles. The van der Waals surface area contributed by atoms with Crippen molar-refractivity contribution < 1.29 is 0 Å². The Labute approximate surface area is 90.9 Å². The zero-order valence-electron chi connectivity index (χ0n) is 9.45. The lowest BCUT2D eigenvalue weighted by Gasteiger charge is -2.02. The van der Waals surface area contributed by atoms with E-state index in [9.17, 15) is 0 Å². The molecule has 0 atom stereocenters. The molecular formula is C11H18N4. The van der Waals surface area contributed by atoms with E-state index in [1.54, 1.807) is 0 Å². The van der Waals surface area contributed by atoms with Gasteiger partial charge in [-0.3, -0.25) is 4.68 Å². The molecule has 0 amide bonds. The summed E-state index contributed by atoms with van der Waals surface area (Å²) >= 11 is 0. The summed E-state index contributed by atoms with van der Waals surface area (Å²) in [6, 6.07) is 2.14. The topological polar surface area (TPSA) is 53.6 Å². The molecule has 1 heterocycles. The summed E-state index contributed by atoms with van der Waals surface area (Å²) in [5, 5.41) is 16.1. The van der Waals surface area contributed by atoms with Crippen LogP contribution in [0.4, 0.5) is 0 Å².